The van der Waals surface area contributed by atoms with Gasteiger partial charge in [-0.1, -0.05) is 11.8 Å². The van der Waals surface area contributed by atoms with Crippen LogP contribution in [0.15, 0.2) is 51.3 Å². The predicted molar refractivity (Wildman–Crippen MR) is 72.7 cm³/mol. The summed E-state index contributed by atoms with van der Waals surface area (Å²) in [4.78, 5) is 11.9. The number of benzene rings is 1. The fourth-order valence-electron chi connectivity index (χ4n) is 1.42. The fourth-order valence-corrected chi connectivity index (χ4v) is 2.90. The lowest BCUT2D eigenvalue weighted by molar-refractivity contribution is 0.0692. The van der Waals surface area contributed by atoms with E-state index in [0.29, 0.717) is 4.90 Å². The average molecular weight is 310 g/mol. The van der Waals surface area contributed by atoms with E-state index in [1.807, 2.05) is 0 Å². The maximum atomic E-state index is 11.3. The number of carboxylic acids is 1. The molecule has 2 aromatic rings. The summed E-state index contributed by atoms with van der Waals surface area (Å²) in [6.45, 7) is 0. The zero-order chi connectivity index (χ0) is 14.8. The third-order valence-electron chi connectivity index (χ3n) is 2.38. The second kappa shape index (κ2) is 5.59. The van der Waals surface area contributed by atoms with Crippen molar-refractivity contribution in [3.8, 4) is 0 Å². The number of hydrogen-bond acceptors (Lipinski definition) is 6. The van der Waals surface area contributed by atoms with Crippen LogP contribution in [0.1, 0.15) is 10.4 Å². The van der Waals surface area contributed by atoms with Crippen molar-refractivity contribution >= 4 is 27.6 Å². The second-order valence-corrected chi connectivity index (χ2v) is 6.98. The standard InChI is InChI=1S/C12H10N2O4S2/c1-20(17,18)9-4-2-8(3-5-9)19-11-10(12(15)16)6-7-13-14-11/h2-7H,1H3,(H,15,16). The summed E-state index contributed by atoms with van der Waals surface area (Å²) < 4.78 is 22.7. The highest BCUT2D eigenvalue weighted by atomic mass is 32.2. The van der Waals surface area contributed by atoms with Gasteiger partial charge in [0.1, 0.15) is 5.03 Å². The molecule has 104 valence electrons. The summed E-state index contributed by atoms with van der Waals surface area (Å²) in [6, 6.07) is 7.49. The lowest BCUT2D eigenvalue weighted by Crippen LogP contribution is -2.01. The summed E-state index contributed by atoms with van der Waals surface area (Å²) in [7, 11) is -3.25. The van der Waals surface area contributed by atoms with Crippen LogP contribution in [-0.2, 0) is 9.84 Å². The number of carboxylic acid groups (broad SMARTS) is 1. The zero-order valence-electron chi connectivity index (χ0n) is 10.3. The number of rotatable bonds is 4. The highest BCUT2D eigenvalue weighted by Gasteiger charge is 2.13. The molecule has 2 rings (SSSR count). The Hall–Kier alpha value is -1.93. The molecule has 1 aromatic heterocycles. The summed E-state index contributed by atoms with van der Waals surface area (Å²) in [5.41, 5.74) is 0.0530. The van der Waals surface area contributed by atoms with Crippen molar-refractivity contribution in [1.29, 1.82) is 0 Å². The van der Waals surface area contributed by atoms with Crippen LogP contribution in [0.2, 0.25) is 0 Å². The lowest BCUT2D eigenvalue weighted by atomic mass is 10.3. The van der Waals surface area contributed by atoms with Crippen LogP contribution in [0.4, 0.5) is 0 Å². The van der Waals surface area contributed by atoms with E-state index in [1.54, 1.807) is 12.1 Å². The Morgan fingerprint density at radius 1 is 1.20 bits per heavy atom. The van der Waals surface area contributed by atoms with Gasteiger partial charge in [-0.3, -0.25) is 0 Å². The first-order valence-corrected chi connectivity index (χ1v) is 8.11. The van der Waals surface area contributed by atoms with E-state index in [2.05, 4.69) is 10.2 Å². The van der Waals surface area contributed by atoms with E-state index in [-0.39, 0.29) is 15.5 Å². The Labute approximate surface area is 119 Å². The maximum Gasteiger partial charge on any atom is 0.338 e. The van der Waals surface area contributed by atoms with Crippen LogP contribution in [-0.4, -0.2) is 35.9 Å². The van der Waals surface area contributed by atoms with Gasteiger partial charge in [-0.25, -0.2) is 13.2 Å². The molecule has 8 heteroatoms. The first kappa shape index (κ1) is 14.5. The molecule has 0 aliphatic rings. The lowest BCUT2D eigenvalue weighted by Gasteiger charge is -2.04. The Morgan fingerprint density at radius 2 is 1.85 bits per heavy atom. The molecule has 0 saturated carbocycles. The Balaban J connectivity index is 2.30. The predicted octanol–water partition coefficient (Wildman–Crippen LogP) is 1.73. The number of hydrogen-bond donors (Lipinski definition) is 1. The highest BCUT2D eigenvalue weighted by Crippen LogP contribution is 2.28. The monoisotopic (exact) mass is 310 g/mol. The normalized spacial score (nSPS) is 11.2. The molecule has 20 heavy (non-hydrogen) atoms. The van der Waals surface area contributed by atoms with Gasteiger partial charge in [0.25, 0.3) is 0 Å². The van der Waals surface area contributed by atoms with Crippen molar-refractivity contribution in [3.05, 3.63) is 42.1 Å². The van der Waals surface area contributed by atoms with Crippen LogP contribution in [0.5, 0.6) is 0 Å². The molecule has 1 heterocycles. The molecule has 6 nitrogen and oxygen atoms in total. The Kier molecular flexibility index (Phi) is 4.05. The molecule has 0 unspecified atom stereocenters. The Bertz CT molecular complexity index is 742. The van der Waals surface area contributed by atoms with Gasteiger partial charge in [0.15, 0.2) is 9.84 Å². The number of nitrogens with zero attached hydrogens (tertiary/aromatic N) is 2. The van der Waals surface area contributed by atoms with Gasteiger partial charge >= 0.3 is 5.97 Å². The third kappa shape index (κ3) is 3.34. The summed E-state index contributed by atoms with van der Waals surface area (Å²) >= 11 is 1.11. The van der Waals surface area contributed by atoms with Gasteiger partial charge in [0, 0.05) is 11.2 Å². The molecule has 0 bridgehead atoms. The summed E-state index contributed by atoms with van der Waals surface area (Å²) in [5.74, 6) is -1.09. The van der Waals surface area contributed by atoms with E-state index < -0.39 is 15.8 Å². The molecular formula is C12H10N2O4S2. The summed E-state index contributed by atoms with van der Waals surface area (Å²) in [6.07, 6.45) is 2.43. The number of carbonyl (C=O) groups is 1. The van der Waals surface area contributed by atoms with Crippen molar-refractivity contribution in [2.75, 3.05) is 6.26 Å². The number of sulfone groups is 1. The van der Waals surface area contributed by atoms with Gasteiger partial charge in [-0.05, 0) is 30.3 Å². The first-order chi connectivity index (χ1) is 9.38. The van der Waals surface area contributed by atoms with Crippen molar-refractivity contribution < 1.29 is 18.3 Å². The second-order valence-electron chi connectivity index (χ2n) is 3.90. The highest BCUT2D eigenvalue weighted by molar-refractivity contribution is 7.99. The molecule has 1 N–H and O–H groups in total. The van der Waals surface area contributed by atoms with Crippen molar-refractivity contribution in [2.45, 2.75) is 14.8 Å². The quantitative estimate of drug-likeness (QED) is 0.918. The van der Waals surface area contributed by atoms with Gasteiger partial charge < -0.3 is 5.11 Å². The van der Waals surface area contributed by atoms with Gasteiger partial charge in [0.05, 0.1) is 16.7 Å². The van der Waals surface area contributed by atoms with Gasteiger partial charge in [-0.15, -0.1) is 5.10 Å². The fraction of sp³-hybridized carbons (Fsp3) is 0.0833. The smallest absolute Gasteiger partial charge is 0.338 e. The van der Waals surface area contributed by atoms with Gasteiger partial charge in [-0.2, -0.15) is 5.10 Å². The first-order valence-electron chi connectivity index (χ1n) is 5.41. The molecule has 0 spiro atoms. The van der Waals surface area contributed by atoms with Crippen LogP contribution in [0, 0.1) is 0 Å². The van der Waals surface area contributed by atoms with Crippen LogP contribution >= 0.6 is 11.8 Å². The molecule has 0 saturated heterocycles. The molecule has 0 amide bonds. The molecule has 0 aliphatic heterocycles. The van der Waals surface area contributed by atoms with Crippen molar-refractivity contribution in [2.24, 2.45) is 0 Å². The van der Waals surface area contributed by atoms with Crippen LogP contribution in [0.3, 0.4) is 0 Å². The Morgan fingerprint density at radius 3 is 2.40 bits per heavy atom. The topological polar surface area (TPSA) is 97.2 Å². The molecule has 0 atom stereocenters. The third-order valence-corrected chi connectivity index (χ3v) is 4.51. The number of aromatic nitrogens is 2. The largest absolute Gasteiger partial charge is 0.478 e. The maximum absolute atomic E-state index is 11.3. The minimum absolute atomic E-state index is 0.0530. The molecular weight excluding hydrogens is 300 g/mol. The molecule has 0 aliphatic carbocycles. The minimum Gasteiger partial charge on any atom is -0.478 e. The summed E-state index contributed by atoms with van der Waals surface area (Å²) in [5, 5.41) is 16.7. The van der Waals surface area contributed by atoms with Crippen molar-refractivity contribution in [3.63, 3.8) is 0 Å². The molecule has 0 fully saturated rings. The minimum atomic E-state index is -3.25. The van der Waals surface area contributed by atoms with Gasteiger partial charge in [0.2, 0.25) is 0 Å². The van der Waals surface area contributed by atoms with E-state index in [0.717, 1.165) is 18.0 Å². The number of aromatic carboxylic acids is 1. The van der Waals surface area contributed by atoms with Crippen molar-refractivity contribution in [1.82, 2.24) is 10.2 Å². The van der Waals surface area contributed by atoms with E-state index >= 15 is 0 Å². The van der Waals surface area contributed by atoms with Crippen LogP contribution < -0.4 is 0 Å². The molecule has 0 radical (unpaired) electrons. The SMILES string of the molecule is CS(=O)(=O)c1ccc(Sc2nnccc2C(=O)O)cc1. The van der Waals surface area contributed by atoms with E-state index in [1.165, 1.54) is 24.4 Å². The van der Waals surface area contributed by atoms with E-state index in [4.69, 9.17) is 5.11 Å². The van der Waals surface area contributed by atoms with E-state index in [9.17, 15) is 13.2 Å². The zero-order valence-corrected chi connectivity index (χ0v) is 12.0. The van der Waals surface area contributed by atoms with Crippen LogP contribution in [0.25, 0.3) is 0 Å². The molecule has 1 aromatic carbocycles. The average Bonchev–Trinajstić information content (AvgIpc) is 2.38.